The number of benzene rings is 1. The number of hydrogen-bond acceptors (Lipinski definition) is 2. The van der Waals surface area contributed by atoms with Crippen LogP contribution < -0.4 is 10.6 Å². The summed E-state index contributed by atoms with van der Waals surface area (Å²) in [4.78, 5) is 0. The van der Waals surface area contributed by atoms with E-state index in [2.05, 4.69) is 35.8 Å². The van der Waals surface area contributed by atoms with Crippen molar-refractivity contribution in [2.75, 3.05) is 10.6 Å². The van der Waals surface area contributed by atoms with E-state index >= 15 is 0 Å². The minimum Gasteiger partial charge on any atom is -0.359 e. The second-order valence-corrected chi connectivity index (χ2v) is 2.67. The first-order valence-corrected chi connectivity index (χ1v) is 3.65. The van der Waals surface area contributed by atoms with E-state index in [9.17, 15) is 0 Å². The molecule has 0 bridgehead atoms. The Morgan fingerprint density at radius 2 is 1.73 bits per heavy atom. The number of fused-ring (bicyclic) bond motifs is 1. The highest BCUT2D eigenvalue weighted by molar-refractivity contribution is 5.73. The van der Waals surface area contributed by atoms with E-state index in [0.717, 1.165) is 11.4 Å². The minimum atomic E-state index is 1.14. The van der Waals surface area contributed by atoms with Crippen molar-refractivity contribution in [3.05, 3.63) is 36.2 Å². The molecule has 0 amide bonds. The predicted molar refractivity (Wildman–Crippen MR) is 47.6 cm³/mol. The van der Waals surface area contributed by atoms with Gasteiger partial charge in [0.1, 0.15) is 0 Å². The average molecular weight is 146 g/mol. The maximum Gasteiger partial charge on any atom is 0.0621 e. The van der Waals surface area contributed by atoms with Crippen molar-refractivity contribution in [2.24, 2.45) is 0 Å². The Bertz CT molecular complexity index is 302. The summed E-state index contributed by atoms with van der Waals surface area (Å²) in [6, 6.07) is 6.28. The largest absolute Gasteiger partial charge is 0.359 e. The zero-order chi connectivity index (χ0) is 7.68. The summed E-state index contributed by atoms with van der Waals surface area (Å²) in [7, 11) is 0. The van der Waals surface area contributed by atoms with Gasteiger partial charge in [-0.3, -0.25) is 0 Å². The number of hydrogen-bond donors (Lipinski definition) is 2. The van der Waals surface area contributed by atoms with Crippen LogP contribution in [0.15, 0.2) is 30.6 Å². The van der Waals surface area contributed by atoms with Crippen molar-refractivity contribution in [1.82, 2.24) is 0 Å². The van der Waals surface area contributed by atoms with Gasteiger partial charge in [0, 0.05) is 12.4 Å². The summed E-state index contributed by atoms with van der Waals surface area (Å²) in [5.74, 6) is 0. The third-order valence-corrected chi connectivity index (χ3v) is 1.74. The molecule has 0 aliphatic carbocycles. The highest BCUT2D eigenvalue weighted by Gasteiger charge is 2.01. The first-order chi connectivity index (χ1) is 5.36. The number of anilines is 2. The van der Waals surface area contributed by atoms with Gasteiger partial charge in [0.05, 0.1) is 11.4 Å². The second-order valence-electron chi connectivity index (χ2n) is 2.67. The topological polar surface area (TPSA) is 24.1 Å². The lowest BCUT2D eigenvalue weighted by Gasteiger charge is -2.14. The Morgan fingerprint density at radius 3 is 2.55 bits per heavy atom. The molecule has 1 heterocycles. The molecular weight excluding hydrogens is 136 g/mol. The van der Waals surface area contributed by atoms with Crippen molar-refractivity contribution in [3.8, 4) is 0 Å². The third-order valence-electron chi connectivity index (χ3n) is 1.74. The molecule has 1 aliphatic rings. The molecule has 0 unspecified atom stereocenters. The zero-order valence-electron chi connectivity index (χ0n) is 6.39. The van der Waals surface area contributed by atoms with Crippen LogP contribution >= 0.6 is 0 Å². The van der Waals surface area contributed by atoms with E-state index in [-0.39, 0.29) is 0 Å². The average Bonchev–Trinajstić information content (AvgIpc) is 2.04. The summed E-state index contributed by atoms with van der Waals surface area (Å²) >= 11 is 0. The molecule has 2 rings (SSSR count). The van der Waals surface area contributed by atoms with Crippen molar-refractivity contribution < 1.29 is 0 Å². The van der Waals surface area contributed by atoms with Crippen molar-refractivity contribution in [3.63, 3.8) is 0 Å². The molecule has 0 saturated heterocycles. The van der Waals surface area contributed by atoms with Crippen LogP contribution in [0.1, 0.15) is 5.56 Å². The van der Waals surface area contributed by atoms with Gasteiger partial charge in [-0.1, -0.05) is 6.07 Å². The van der Waals surface area contributed by atoms with Crippen LogP contribution in [-0.2, 0) is 0 Å². The Labute approximate surface area is 65.9 Å². The normalized spacial score (nSPS) is 13.2. The van der Waals surface area contributed by atoms with E-state index in [1.54, 1.807) is 0 Å². The lowest BCUT2D eigenvalue weighted by Crippen LogP contribution is -2.01. The summed E-state index contributed by atoms with van der Waals surface area (Å²) in [5, 5.41) is 6.31. The monoisotopic (exact) mass is 146 g/mol. The Balaban J connectivity index is 2.48. The number of rotatable bonds is 0. The number of nitrogens with one attached hydrogen (secondary N) is 2. The Morgan fingerprint density at radius 1 is 1.00 bits per heavy atom. The molecule has 0 atom stereocenters. The highest BCUT2D eigenvalue weighted by Crippen LogP contribution is 2.24. The van der Waals surface area contributed by atoms with Crippen LogP contribution in [0, 0.1) is 6.92 Å². The molecule has 0 fully saturated rings. The zero-order valence-corrected chi connectivity index (χ0v) is 6.39. The molecule has 1 aromatic carbocycles. The molecular formula is C9H10N2. The van der Waals surface area contributed by atoms with Gasteiger partial charge in [-0.05, 0) is 24.6 Å². The van der Waals surface area contributed by atoms with Crippen LogP contribution in [-0.4, -0.2) is 0 Å². The molecule has 56 valence electrons. The summed E-state index contributed by atoms with van der Waals surface area (Å²) in [6.07, 6.45) is 3.78. The van der Waals surface area contributed by atoms with Gasteiger partial charge in [0.25, 0.3) is 0 Å². The van der Waals surface area contributed by atoms with E-state index < -0.39 is 0 Å². The fraction of sp³-hybridized carbons (Fsp3) is 0.111. The van der Waals surface area contributed by atoms with Crippen LogP contribution in [0.3, 0.4) is 0 Å². The van der Waals surface area contributed by atoms with Crippen LogP contribution in [0.4, 0.5) is 11.4 Å². The molecule has 0 radical (unpaired) electrons. The molecule has 0 aromatic heterocycles. The van der Waals surface area contributed by atoms with Gasteiger partial charge in [-0.25, -0.2) is 0 Å². The summed E-state index contributed by atoms with van der Waals surface area (Å²) in [5.41, 5.74) is 3.55. The highest BCUT2D eigenvalue weighted by atomic mass is 15.0. The molecule has 0 spiro atoms. The Hall–Kier alpha value is -1.44. The van der Waals surface area contributed by atoms with Gasteiger partial charge in [0.2, 0.25) is 0 Å². The van der Waals surface area contributed by atoms with Gasteiger partial charge in [-0.15, -0.1) is 0 Å². The molecule has 1 aromatic rings. The lowest BCUT2D eigenvalue weighted by atomic mass is 10.2. The SMILES string of the molecule is Cc1ccc2c(c1)NC=CN2. The quantitative estimate of drug-likeness (QED) is 0.586. The molecule has 2 N–H and O–H groups in total. The Kier molecular flexibility index (Phi) is 1.32. The van der Waals surface area contributed by atoms with E-state index in [0.29, 0.717) is 0 Å². The molecule has 2 nitrogen and oxygen atoms in total. The molecule has 2 heteroatoms. The standard InChI is InChI=1S/C9H10N2/c1-7-2-3-8-9(6-7)11-5-4-10-8/h2-6,10-11H,1H3. The fourth-order valence-electron chi connectivity index (χ4n) is 1.17. The van der Waals surface area contributed by atoms with Gasteiger partial charge in [0.15, 0.2) is 0 Å². The van der Waals surface area contributed by atoms with Gasteiger partial charge < -0.3 is 10.6 Å². The molecule has 1 aliphatic heterocycles. The first kappa shape index (κ1) is 6.28. The maximum atomic E-state index is 3.16. The number of aryl methyl sites for hydroxylation is 1. The van der Waals surface area contributed by atoms with Crippen molar-refractivity contribution >= 4 is 11.4 Å². The van der Waals surface area contributed by atoms with Crippen LogP contribution in [0.25, 0.3) is 0 Å². The molecule has 0 saturated carbocycles. The van der Waals surface area contributed by atoms with E-state index in [1.807, 2.05) is 12.4 Å². The van der Waals surface area contributed by atoms with E-state index in [1.165, 1.54) is 5.56 Å². The summed E-state index contributed by atoms with van der Waals surface area (Å²) in [6.45, 7) is 2.08. The summed E-state index contributed by atoms with van der Waals surface area (Å²) < 4.78 is 0. The van der Waals surface area contributed by atoms with Crippen LogP contribution in [0.5, 0.6) is 0 Å². The maximum absolute atomic E-state index is 3.16. The molecule has 11 heavy (non-hydrogen) atoms. The predicted octanol–water partition coefficient (Wildman–Crippen LogP) is 2.30. The van der Waals surface area contributed by atoms with Gasteiger partial charge in [-0.2, -0.15) is 0 Å². The van der Waals surface area contributed by atoms with Crippen molar-refractivity contribution in [1.29, 1.82) is 0 Å². The fourth-order valence-corrected chi connectivity index (χ4v) is 1.17. The van der Waals surface area contributed by atoms with Crippen molar-refractivity contribution in [2.45, 2.75) is 6.92 Å². The smallest absolute Gasteiger partial charge is 0.0621 e. The van der Waals surface area contributed by atoms with Gasteiger partial charge >= 0.3 is 0 Å². The second kappa shape index (κ2) is 2.31. The third kappa shape index (κ3) is 1.07. The minimum absolute atomic E-state index is 1.14. The van der Waals surface area contributed by atoms with E-state index in [4.69, 9.17) is 0 Å². The van der Waals surface area contributed by atoms with Crippen LogP contribution in [0.2, 0.25) is 0 Å². The first-order valence-electron chi connectivity index (χ1n) is 3.65. The lowest BCUT2D eigenvalue weighted by molar-refractivity contribution is 1.41.